The minimum Gasteiger partial charge on any atom is -0.371 e. The molecule has 1 aliphatic heterocycles. The third-order valence-electron chi connectivity index (χ3n) is 4.54. The third kappa shape index (κ3) is 4.16. The molecule has 1 saturated heterocycles. The molecule has 1 aliphatic rings. The van der Waals surface area contributed by atoms with Crippen LogP contribution in [0.1, 0.15) is 28.8 Å². The van der Waals surface area contributed by atoms with Gasteiger partial charge in [-0.1, -0.05) is 18.2 Å². The van der Waals surface area contributed by atoms with Gasteiger partial charge >= 0.3 is 0 Å². The van der Waals surface area contributed by atoms with Gasteiger partial charge in [0.15, 0.2) is 0 Å². The van der Waals surface area contributed by atoms with E-state index in [1.165, 1.54) is 17.8 Å². The highest BCUT2D eigenvalue weighted by atomic mass is 19.1. The summed E-state index contributed by atoms with van der Waals surface area (Å²) in [6, 6.07) is 15.9. The molecule has 1 N–H and O–H groups in total. The molecule has 0 aromatic heterocycles. The zero-order chi connectivity index (χ0) is 17.6. The first-order valence-electron chi connectivity index (χ1n) is 8.45. The Balaban J connectivity index is 1.58. The molecule has 128 valence electrons. The Labute approximate surface area is 146 Å². The van der Waals surface area contributed by atoms with E-state index in [9.17, 15) is 9.18 Å². The molecule has 0 saturated carbocycles. The Morgan fingerprint density at radius 2 is 2.08 bits per heavy atom. The molecule has 1 fully saturated rings. The molecule has 1 unspecified atom stereocenters. The molecule has 5 heteroatoms. The SMILES string of the molecule is N#Cc1cc(C(=O)NCC2CCCN(c3ccccc3)C2)ccc1F. The van der Waals surface area contributed by atoms with Crippen molar-refractivity contribution in [2.24, 2.45) is 5.92 Å². The average molecular weight is 337 g/mol. The van der Waals surface area contributed by atoms with Gasteiger partial charge in [-0.2, -0.15) is 5.26 Å². The molecular weight excluding hydrogens is 317 g/mol. The maximum atomic E-state index is 13.4. The number of piperidine rings is 1. The van der Waals surface area contributed by atoms with Gasteiger partial charge in [0.1, 0.15) is 11.9 Å². The summed E-state index contributed by atoms with van der Waals surface area (Å²) < 4.78 is 13.4. The Bertz CT molecular complexity index is 785. The van der Waals surface area contributed by atoms with Crippen LogP contribution in [0.5, 0.6) is 0 Å². The zero-order valence-corrected chi connectivity index (χ0v) is 13.9. The van der Waals surface area contributed by atoms with Crippen LogP contribution in [0.4, 0.5) is 10.1 Å². The van der Waals surface area contributed by atoms with Gasteiger partial charge in [0.2, 0.25) is 0 Å². The maximum Gasteiger partial charge on any atom is 0.251 e. The molecular formula is C20H20FN3O. The van der Waals surface area contributed by atoms with Gasteiger partial charge < -0.3 is 10.2 Å². The van der Waals surface area contributed by atoms with Crippen LogP contribution in [-0.4, -0.2) is 25.5 Å². The zero-order valence-electron chi connectivity index (χ0n) is 13.9. The highest BCUT2D eigenvalue weighted by Crippen LogP contribution is 2.22. The second-order valence-corrected chi connectivity index (χ2v) is 6.31. The third-order valence-corrected chi connectivity index (χ3v) is 4.54. The van der Waals surface area contributed by atoms with Gasteiger partial charge in [0.25, 0.3) is 5.91 Å². The van der Waals surface area contributed by atoms with Crippen molar-refractivity contribution in [3.63, 3.8) is 0 Å². The van der Waals surface area contributed by atoms with Gasteiger partial charge in [-0.05, 0) is 49.1 Å². The van der Waals surface area contributed by atoms with Crippen LogP contribution in [0.3, 0.4) is 0 Å². The van der Waals surface area contributed by atoms with Crippen LogP contribution >= 0.6 is 0 Å². The van der Waals surface area contributed by atoms with Gasteiger partial charge in [-0.25, -0.2) is 4.39 Å². The fourth-order valence-electron chi connectivity index (χ4n) is 3.20. The second kappa shape index (κ2) is 7.80. The molecule has 2 aromatic carbocycles. The van der Waals surface area contributed by atoms with Gasteiger partial charge in [-0.15, -0.1) is 0 Å². The lowest BCUT2D eigenvalue weighted by atomic mass is 9.97. The molecule has 2 aromatic rings. The number of nitriles is 1. The molecule has 1 atom stereocenters. The fourth-order valence-corrected chi connectivity index (χ4v) is 3.20. The molecule has 1 amide bonds. The Morgan fingerprint density at radius 3 is 2.84 bits per heavy atom. The smallest absolute Gasteiger partial charge is 0.251 e. The van der Waals surface area contributed by atoms with Crippen molar-refractivity contribution in [2.75, 3.05) is 24.5 Å². The number of para-hydroxylation sites is 1. The second-order valence-electron chi connectivity index (χ2n) is 6.31. The molecule has 0 bridgehead atoms. The number of halogens is 1. The van der Waals surface area contributed by atoms with Crippen LogP contribution < -0.4 is 10.2 Å². The first-order valence-corrected chi connectivity index (χ1v) is 8.45. The number of carbonyl (C=O) groups excluding carboxylic acids is 1. The van der Waals surface area contributed by atoms with E-state index in [2.05, 4.69) is 22.3 Å². The summed E-state index contributed by atoms with van der Waals surface area (Å²) in [7, 11) is 0. The van der Waals surface area contributed by atoms with E-state index in [0.717, 1.165) is 32.0 Å². The number of benzene rings is 2. The lowest BCUT2D eigenvalue weighted by molar-refractivity contribution is 0.0945. The van der Waals surface area contributed by atoms with Crippen molar-refractivity contribution in [1.82, 2.24) is 5.32 Å². The number of anilines is 1. The van der Waals surface area contributed by atoms with Gasteiger partial charge in [0, 0.05) is 30.9 Å². The molecule has 1 heterocycles. The number of hydrogen-bond acceptors (Lipinski definition) is 3. The highest BCUT2D eigenvalue weighted by molar-refractivity contribution is 5.94. The summed E-state index contributed by atoms with van der Waals surface area (Å²) in [4.78, 5) is 14.6. The Hall–Kier alpha value is -2.87. The summed E-state index contributed by atoms with van der Waals surface area (Å²) in [6.07, 6.45) is 2.15. The molecule has 25 heavy (non-hydrogen) atoms. The van der Waals surface area contributed by atoms with E-state index in [4.69, 9.17) is 5.26 Å². The maximum absolute atomic E-state index is 13.4. The topological polar surface area (TPSA) is 56.1 Å². The van der Waals surface area contributed by atoms with E-state index in [-0.39, 0.29) is 11.5 Å². The van der Waals surface area contributed by atoms with Crippen molar-refractivity contribution < 1.29 is 9.18 Å². The predicted molar refractivity (Wildman–Crippen MR) is 94.8 cm³/mol. The molecule has 3 rings (SSSR count). The standard InChI is InChI=1S/C20H20FN3O/c21-19-9-8-16(11-17(19)12-22)20(25)23-13-15-5-4-10-24(14-15)18-6-2-1-3-7-18/h1-3,6-9,11,15H,4-5,10,13-14H2,(H,23,25). The average Bonchev–Trinajstić information content (AvgIpc) is 2.67. The van der Waals surface area contributed by atoms with Crippen LogP contribution in [0.2, 0.25) is 0 Å². The summed E-state index contributed by atoms with van der Waals surface area (Å²) in [5, 5.41) is 11.8. The first kappa shape index (κ1) is 17.0. The van der Waals surface area contributed by atoms with E-state index >= 15 is 0 Å². The Kier molecular flexibility index (Phi) is 5.30. The lowest BCUT2D eigenvalue weighted by Gasteiger charge is -2.34. The van der Waals surface area contributed by atoms with Gasteiger partial charge in [0.05, 0.1) is 5.56 Å². The predicted octanol–water partition coefficient (Wildman–Crippen LogP) is 3.34. The van der Waals surface area contributed by atoms with E-state index in [1.54, 1.807) is 6.07 Å². The summed E-state index contributed by atoms with van der Waals surface area (Å²) >= 11 is 0. The number of rotatable bonds is 4. The lowest BCUT2D eigenvalue weighted by Crippen LogP contribution is -2.41. The normalized spacial score (nSPS) is 17.0. The number of nitrogens with zero attached hydrogens (tertiary/aromatic N) is 2. The van der Waals surface area contributed by atoms with Crippen molar-refractivity contribution >= 4 is 11.6 Å². The minimum absolute atomic E-state index is 0.111. The minimum atomic E-state index is -0.607. The van der Waals surface area contributed by atoms with E-state index in [0.29, 0.717) is 18.0 Å². The van der Waals surface area contributed by atoms with Crippen LogP contribution in [0.25, 0.3) is 0 Å². The number of amides is 1. The largest absolute Gasteiger partial charge is 0.371 e. The monoisotopic (exact) mass is 337 g/mol. The van der Waals surface area contributed by atoms with Crippen LogP contribution in [0, 0.1) is 23.1 Å². The Morgan fingerprint density at radius 1 is 1.28 bits per heavy atom. The van der Waals surface area contributed by atoms with Crippen LogP contribution in [-0.2, 0) is 0 Å². The number of nitrogens with one attached hydrogen (secondary N) is 1. The molecule has 0 spiro atoms. The fraction of sp³-hybridized carbons (Fsp3) is 0.300. The van der Waals surface area contributed by atoms with Crippen molar-refractivity contribution in [2.45, 2.75) is 12.8 Å². The first-order chi connectivity index (χ1) is 12.2. The van der Waals surface area contributed by atoms with Crippen LogP contribution in [0.15, 0.2) is 48.5 Å². The quantitative estimate of drug-likeness (QED) is 0.931. The number of hydrogen-bond donors (Lipinski definition) is 1. The summed E-state index contributed by atoms with van der Waals surface area (Å²) in [5.41, 5.74) is 1.41. The van der Waals surface area contributed by atoms with E-state index in [1.807, 2.05) is 18.2 Å². The molecule has 0 aliphatic carbocycles. The summed E-state index contributed by atoms with van der Waals surface area (Å²) in [5.74, 6) is -0.507. The molecule has 0 radical (unpaired) electrons. The number of carbonyl (C=O) groups is 1. The highest BCUT2D eigenvalue weighted by Gasteiger charge is 2.21. The van der Waals surface area contributed by atoms with Crippen molar-refractivity contribution in [1.29, 1.82) is 5.26 Å². The summed E-state index contributed by atoms with van der Waals surface area (Å²) in [6.45, 7) is 2.50. The van der Waals surface area contributed by atoms with Crippen molar-refractivity contribution in [3.05, 3.63) is 65.5 Å². The van der Waals surface area contributed by atoms with Crippen molar-refractivity contribution in [3.8, 4) is 6.07 Å². The molecule has 4 nitrogen and oxygen atoms in total. The van der Waals surface area contributed by atoms with E-state index < -0.39 is 5.82 Å². The van der Waals surface area contributed by atoms with Gasteiger partial charge in [-0.3, -0.25) is 4.79 Å².